The minimum Gasteiger partial charge on any atom is -0.348 e. The smallest absolute Gasteiger partial charge is 0.0701 e. The Morgan fingerprint density at radius 2 is 1.77 bits per heavy atom. The highest BCUT2D eigenvalue weighted by Crippen LogP contribution is 2.20. The molecule has 0 saturated carbocycles. The molecule has 4 rings (SSSR count). The second-order valence-electron chi connectivity index (χ2n) is 5.00. The topological polar surface area (TPSA) is 17.8 Å². The van der Waals surface area contributed by atoms with Gasteiger partial charge < -0.3 is 4.57 Å². The van der Waals surface area contributed by atoms with Crippen LogP contribution in [0.25, 0.3) is 21.8 Å². The Balaban J connectivity index is 0.000000133. The zero-order chi connectivity index (χ0) is 15.4. The number of aromatic nitrogens is 2. The van der Waals surface area contributed by atoms with Crippen LogP contribution in [-0.2, 0) is 6.54 Å². The van der Waals surface area contributed by atoms with E-state index in [2.05, 4.69) is 75.0 Å². The van der Waals surface area contributed by atoms with Gasteiger partial charge in [-0.2, -0.15) is 0 Å². The van der Waals surface area contributed by atoms with Crippen molar-refractivity contribution in [3.8, 4) is 0 Å². The maximum absolute atomic E-state index is 4.18. The largest absolute Gasteiger partial charge is 0.348 e. The molecule has 0 bridgehead atoms. The Labute approximate surface area is 138 Å². The molecule has 0 aliphatic rings. The summed E-state index contributed by atoms with van der Waals surface area (Å²) in [5, 5.41) is 2.50. The zero-order valence-corrected chi connectivity index (χ0v) is 14.0. The normalized spacial score (nSPS) is 10.5. The Morgan fingerprint density at radius 1 is 0.955 bits per heavy atom. The summed E-state index contributed by atoms with van der Waals surface area (Å²) in [6.07, 6.45) is 3.93. The van der Waals surface area contributed by atoms with Crippen LogP contribution in [0.3, 0.4) is 0 Å². The second kappa shape index (κ2) is 6.75. The first-order chi connectivity index (χ1) is 10.8. The standard InChI is InChI=1S/C10H10BrN.C9H7N/c1-2-12-6-5-8-3-4-9(11)7-10(8)12;1-2-6-9-8(4-1)5-3-7-10-9/h3-7H,2H2,1H3;1-7H. The van der Waals surface area contributed by atoms with Crippen LogP contribution in [-0.4, -0.2) is 9.55 Å². The van der Waals surface area contributed by atoms with Crippen molar-refractivity contribution in [2.24, 2.45) is 0 Å². The maximum atomic E-state index is 4.18. The van der Waals surface area contributed by atoms with Gasteiger partial charge in [-0.15, -0.1) is 0 Å². The Morgan fingerprint density at radius 3 is 2.59 bits per heavy atom. The third kappa shape index (κ3) is 3.20. The zero-order valence-electron chi connectivity index (χ0n) is 12.4. The average molecular weight is 353 g/mol. The number of fused-ring (bicyclic) bond motifs is 2. The molecule has 0 atom stereocenters. The van der Waals surface area contributed by atoms with E-state index in [0.717, 1.165) is 16.5 Å². The van der Waals surface area contributed by atoms with Crippen LogP contribution in [0.1, 0.15) is 6.92 Å². The van der Waals surface area contributed by atoms with Crippen molar-refractivity contribution in [1.82, 2.24) is 9.55 Å². The van der Waals surface area contributed by atoms with Crippen LogP contribution in [0.5, 0.6) is 0 Å². The molecular weight excluding hydrogens is 336 g/mol. The van der Waals surface area contributed by atoms with Crippen LogP contribution in [0.2, 0.25) is 0 Å². The molecule has 2 aromatic heterocycles. The summed E-state index contributed by atoms with van der Waals surface area (Å²) in [6, 6.07) is 20.6. The first kappa shape index (κ1) is 14.8. The molecule has 0 amide bonds. The van der Waals surface area contributed by atoms with Crippen LogP contribution in [0.15, 0.2) is 77.5 Å². The Bertz CT molecular complexity index is 831. The number of aryl methyl sites for hydroxylation is 1. The average Bonchev–Trinajstić information content (AvgIpc) is 2.98. The quantitative estimate of drug-likeness (QED) is 0.432. The molecule has 0 aliphatic carbocycles. The lowest BCUT2D eigenvalue weighted by molar-refractivity contribution is 0.797. The summed E-state index contributed by atoms with van der Waals surface area (Å²) in [7, 11) is 0. The number of para-hydroxylation sites is 1. The summed E-state index contributed by atoms with van der Waals surface area (Å²) in [5.41, 5.74) is 2.36. The van der Waals surface area contributed by atoms with Crippen LogP contribution >= 0.6 is 15.9 Å². The molecule has 0 spiro atoms. The van der Waals surface area contributed by atoms with Crippen molar-refractivity contribution in [2.75, 3.05) is 0 Å². The van der Waals surface area contributed by atoms with Crippen molar-refractivity contribution in [2.45, 2.75) is 13.5 Å². The molecule has 0 N–H and O–H groups in total. The monoisotopic (exact) mass is 352 g/mol. The molecular formula is C19H17BrN2. The molecule has 0 aliphatic heterocycles. The van der Waals surface area contributed by atoms with Gasteiger partial charge in [0.1, 0.15) is 0 Å². The first-order valence-corrected chi connectivity index (χ1v) is 8.11. The van der Waals surface area contributed by atoms with E-state index in [0.29, 0.717) is 0 Å². The predicted octanol–water partition coefficient (Wildman–Crippen LogP) is 5.66. The lowest BCUT2D eigenvalue weighted by Crippen LogP contribution is -1.89. The van der Waals surface area contributed by atoms with E-state index in [1.165, 1.54) is 16.3 Å². The lowest BCUT2D eigenvalue weighted by Gasteiger charge is -1.99. The van der Waals surface area contributed by atoms with Crippen molar-refractivity contribution < 1.29 is 0 Å². The summed E-state index contributed by atoms with van der Waals surface area (Å²) >= 11 is 3.47. The lowest BCUT2D eigenvalue weighted by atomic mass is 10.2. The highest BCUT2D eigenvalue weighted by atomic mass is 79.9. The number of hydrogen-bond donors (Lipinski definition) is 0. The van der Waals surface area contributed by atoms with Gasteiger partial charge >= 0.3 is 0 Å². The van der Waals surface area contributed by atoms with Gasteiger partial charge in [0.25, 0.3) is 0 Å². The van der Waals surface area contributed by atoms with Crippen LogP contribution in [0, 0.1) is 0 Å². The number of pyridine rings is 1. The van der Waals surface area contributed by atoms with Crippen LogP contribution < -0.4 is 0 Å². The van der Waals surface area contributed by atoms with E-state index in [1.807, 2.05) is 30.5 Å². The number of hydrogen-bond acceptors (Lipinski definition) is 1. The highest BCUT2D eigenvalue weighted by molar-refractivity contribution is 9.10. The molecule has 0 unspecified atom stereocenters. The van der Waals surface area contributed by atoms with Crippen molar-refractivity contribution >= 4 is 37.7 Å². The molecule has 2 heterocycles. The maximum Gasteiger partial charge on any atom is 0.0701 e. The van der Waals surface area contributed by atoms with E-state index >= 15 is 0 Å². The van der Waals surface area contributed by atoms with E-state index in [1.54, 1.807) is 0 Å². The third-order valence-electron chi connectivity index (χ3n) is 3.59. The van der Waals surface area contributed by atoms with Gasteiger partial charge in [0.05, 0.1) is 5.52 Å². The minimum absolute atomic E-state index is 1.03. The van der Waals surface area contributed by atoms with Gasteiger partial charge in [0.15, 0.2) is 0 Å². The fourth-order valence-corrected chi connectivity index (χ4v) is 2.80. The Hall–Kier alpha value is -2.13. The summed E-state index contributed by atoms with van der Waals surface area (Å²) in [4.78, 5) is 4.18. The van der Waals surface area contributed by atoms with Crippen molar-refractivity contribution in [1.29, 1.82) is 0 Å². The number of halogens is 1. The second-order valence-corrected chi connectivity index (χ2v) is 5.92. The summed E-state index contributed by atoms with van der Waals surface area (Å²) in [5.74, 6) is 0. The number of nitrogens with zero attached hydrogens (tertiary/aromatic N) is 2. The SMILES string of the molecule is CCn1ccc2ccc(Br)cc21.c1ccc2ncccc2c1. The van der Waals surface area contributed by atoms with Crippen molar-refractivity contribution in [3.63, 3.8) is 0 Å². The molecule has 110 valence electrons. The molecule has 3 heteroatoms. The summed E-state index contributed by atoms with van der Waals surface area (Å²) < 4.78 is 3.38. The molecule has 0 saturated heterocycles. The molecule has 0 radical (unpaired) electrons. The molecule has 2 aromatic carbocycles. The van der Waals surface area contributed by atoms with Gasteiger partial charge in [0, 0.05) is 34.3 Å². The molecule has 22 heavy (non-hydrogen) atoms. The van der Waals surface area contributed by atoms with E-state index in [-0.39, 0.29) is 0 Å². The third-order valence-corrected chi connectivity index (χ3v) is 4.08. The van der Waals surface area contributed by atoms with Gasteiger partial charge in [0.2, 0.25) is 0 Å². The fourth-order valence-electron chi connectivity index (χ4n) is 2.45. The van der Waals surface area contributed by atoms with Crippen LogP contribution in [0.4, 0.5) is 0 Å². The van der Waals surface area contributed by atoms with Gasteiger partial charge in [-0.25, -0.2) is 0 Å². The molecule has 4 aromatic rings. The first-order valence-electron chi connectivity index (χ1n) is 7.32. The number of benzene rings is 2. The summed E-state index contributed by atoms with van der Waals surface area (Å²) in [6.45, 7) is 3.18. The highest BCUT2D eigenvalue weighted by Gasteiger charge is 1.98. The predicted molar refractivity (Wildman–Crippen MR) is 97.1 cm³/mol. The minimum atomic E-state index is 1.03. The van der Waals surface area contributed by atoms with Gasteiger partial charge in [-0.1, -0.05) is 46.3 Å². The fraction of sp³-hybridized carbons (Fsp3) is 0.105. The van der Waals surface area contributed by atoms with E-state index < -0.39 is 0 Å². The molecule has 0 fully saturated rings. The Kier molecular flexibility index (Phi) is 4.54. The van der Waals surface area contributed by atoms with E-state index in [4.69, 9.17) is 0 Å². The van der Waals surface area contributed by atoms with Gasteiger partial charge in [-0.3, -0.25) is 4.98 Å². The van der Waals surface area contributed by atoms with E-state index in [9.17, 15) is 0 Å². The molecule has 2 nitrogen and oxygen atoms in total. The van der Waals surface area contributed by atoms with Gasteiger partial charge in [-0.05, 0) is 42.6 Å². The van der Waals surface area contributed by atoms with Crippen molar-refractivity contribution in [3.05, 3.63) is 77.5 Å². The number of rotatable bonds is 1.